The summed E-state index contributed by atoms with van der Waals surface area (Å²) in [5.74, 6) is -0.530. The molecule has 0 saturated heterocycles. The van der Waals surface area contributed by atoms with Gasteiger partial charge in [-0.1, -0.05) is 6.92 Å². The molecule has 0 aromatic heterocycles. The van der Waals surface area contributed by atoms with Gasteiger partial charge in [-0.3, -0.25) is 4.79 Å². The normalized spacial score (nSPS) is 16.1. The van der Waals surface area contributed by atoms with Gasteiger partial charge in [0.2, 0.25) is 5.91 Å². The lowest BCUT2D eigenvalue weighted by molar-refractivity contribution is -0.119. The van der Waals surface area contributed by atoms with Crippen LogP contribution in [0.2, 0.25) is 0 Å². The van der Waals surface area contributed by atoms with E-state index >= 15 is 0 Å². The van der Waals surface area contributed by atoms with Gasteiger partial charge < -0.3 is 10.4 Å². The number of rotatable bonds is 4. The predicted molar refractivity (Wildman–Crippen MR) is 76.6 cm³/mol. The minimum absolute atomic E-state index is 0.00357. The zero-order valence-corrected chi connectivity index (χ0v) is 12.1. The van der Waals surface area contributed by atoms with E-state index in [0.717, 1.165) is 16.4 Å². The quantitative estimate of drug-likeness (QED) is 0.813. The van der Waals surface area contributed by atoms with Crippen LogP contribution in [0.4, 0.5) is 5.69 Å². The summed E-state index contributed by atoms with van der Waals surface area (Å²) in [5, 5.41) is 11.8. The van der Waals surface area contributed by atoms with Crippen LogP contribution in [0.15, 0.2) is 18.2 Å². The first-order chi connectivity index (χ1) is 8.47. The van der Waals surface area contributed by atoms with Crippen LogP contribution in [0.25, 0.3) is 0 Å². The summed E-state index contributed by atoms with van der Waals surface area (Å²) in [7, 11) is 0. The van der Waals surface area contributed by atoms with Crippen molar-refractivity contribution in [2.75, 3.05) is 5.32 Å². The first kappa shape index (κ1) is 13.3. The van der Waals surface area contributed by atoms with Crippen LogP contribution in [0.5, 0.6) is 0 Å². The number of carbonyl (C=O) groups excluding carboxylic acids is 1. The van der Waals surface area contributed by atoms with Crippen molar-refractivity contribution in [1.29, 1.82) is 0 Å². The molecule has 2 N–H and O–H groups in total. The Bertz CT molecular complexity index is 497. The third kappa shape index (κ3) is 3.22. The second-order valence-corrected chi connectivity index (χ2v) is 5.89. The van der Waals surface area contributed by atoms with Gasteiger partial charge in [0, 0.05) is 15.2 Å². The van der Waals surface area contributed by atoms with Crippen molar-refractivity contribution in [2.24, 2.45) is 11.8 Å². The molecule has 1 aliphatic rings. The maximum absolute atomic E-state index is 11.9. The Hall–Kier alpha value is -1.11. The van der Waals surface area contributed by atoms with E-state index in [9.17, 15) is 9.59 Å². The Balaban J connectivity index is 2.12. The topological polar surface area (TPSA) is 66.4 Å². The third-order valence-corrected chi connectivity index (χ3v) is 3.78. The van der Waals surface area contributed by atoms with E-state index in [1.165, 1.54) is 6.07 Å². The zero-order chi connectivity index (χ0) is 13.3. The minimum atomic E-state index is -0.987. The molecule has 0 bridgehead atoms. The molecule has 1 saturated carbocycles. The number of hydrogen-bond acceptors (Lipinski definition) is 2. The summed E-state index contributed by atoms with van der Waals surface area (Å²) in [6.07, 6.45) is 2.22. The number of aromatic carboxylic acids is 1. The maximum atomic E-state index is 11.9. The van der Waals surface area contributed by atoms with Crippen molar-refractivity contribution in [2.45, 2.75) is 19.8 Å². The van der Waals surface area contributed by atoms with Gasteiger partial charge in [-0.25, -0.2) is 4.79 Å². The summed E-state index contributed by atoms with van der Waals surface area (Å²) >= 11 is 2.04. The van der Waals surface area contributed by atoms with Gasteiger partial charge in [0.1, 0.15) is 0 Å². The first-order valence-corrected chi connectivity index (χ1v) is 6.90. The van der Waals surface area contributed by atoms with Crippen molar-refractivity contribution in [1.82, 2.24) is 0 Å². The number of halogens is 1. The summed E-state index contributed by atoms with van der Waals surface area (Å²) < 4.78 is 0.793. The summed E-state index contributed by atoms with van der Waals surface area (Å²) in [6.45, 7) is 1.92. The van der Waals surface area contributed by atoms with E-state index < -0.39 is 5.97 Å². The third-order valence-electron chi connectivity index (χ3n) is 3.15. The highest BCUT2D eigenvalue weighted by atomic mass is 127. The smallest absolute Gasteiger partial charge is 0.335 e. The molecule has 1 aliphatic carbocycles. The molecule has 1 unspecified atom stereocenters. The van der Waals surface area contributed by atoms with E-state index in [-0.39, 0.29) is 17.4 Å². The van der Waals surface area contributed by atoms with Gasteiger partial charge in [-0.15, -0.1) is 0 Å². The molecule has 2 rings (SSSR count). The molecule has 4 nitrogen and oxygen atoms in total. The summed E-state index contributed by atoms with van der Waals surface area (Å²) in [4.78, 5) is 22.9. The van der Waals surface area contributed by atoms with Crippen LogP contribution in [0.1, 0.15) is 30.1 Å². The lowest BCUT2D eigenvalue weighted by Crippen LogP contribution is -2.22. The number of carbonyl (C=O) groups is 2. The van der Waals surface area contributed by atoms with Gasteiger partial charge >= 0.3 is 5.97 Å². The van der Waals surface area contributed by atoms with Crippen LogP contribution < -0.4 is 5.32 Å². The standard InChI is InChI=1S/C13H14INO3/c1-7(8-2-3-8)12(16)15-11-5-9(13(17)18)4-10(14)6-11/h4-8H,2-3H2,1H3,(H,15,16)(H,17,18). The Kier molecular flexibility index (Phi) is 3.89. The van der Waals surface area contributed by atoms with E-state index in [4.69, 9.17) is 5.11 Å². The highest BCUT2D eigenvalue weighted by molar-refractivity contribution is 14.1. The molecule has 5 heteroatoms. The van der Waals surface area contributed by atoms with Crippen LogP contribution >= 0.6 is 22.6 Å². The Morgan fingerprint density at radius 3 is 2.61 bits per heavy atom. The fraction of sp³-hybridized carbons (Fsp3) is 0.385. The van der Waals surface area contributed by atoms with E-state index in [0.29, 0.717) is 11.6 Å². The number of amides is 1. The van der Waals surface area contributed by atoms with Crippen LogP contribution in [0, 0.1) is 15.4 Å². The monoisotopic (exact) mass is 359 g/mol. The van der Waals surface area contributed by atoms with Gasteiger partial charge in [-0.2, -0.15) is 0 Å². The fourth-order valence-corrected chi connectivity index (χ4v) is 2.52. The largest absolute Gasteiger partial charge is 0.478 e. The zero-order valence-electron chi connectivity index (χ0n) is 9.94. The molecular weight excluding hydrogens is 345 g/mol. The molecule has 1 aromatic carbocycles. The molecule has 0 radical (unpaired) electrons. The average Bonchev–Trinajstić information content (AvgIpc) is 3.10. The van der Waals surface area contributed by atoms with E-state index in [1.54, 1.807) is 12.1 Å². The van der Waals surface area contributed by atoms with Gasteiger partial charge in [0.05, 0.1) is 5.56 Å². The highest BCUT2D eigenvalue weighted by Crippen LogP contribution is 2.37. The van der Waals surface area contributed by atoms with Crippen molar-refractivity contribution >= 4 is 40.2 Å². The molecule has 0 heterocycles. The number of benzene rings is 1. The van der Waals surface area contributed by atoms with Gasteiger partial charge in [-0.05, 0) is 59.5 Å². The number of anilines is 1. The van der Waals surface area contributed by atoms with Crippen LogP contribution in [0.3, 0.4) is 0 Å². The molecule has 1 amide bonds. The number of carboxylic acids is 1. The number of nitrogens with one attached hydrogen (secondary N) is 1. The number of carboxylic acid groups (broad SMARTS) is 1. The minimum Gasteiger partial charge on any atom is -0.478 e. The molecule has 0 aliphatic heterocycles. The fourth-order valence-electron chi connectivity index (χ4n) is 1.85. The van der Waals surface area contributed by atoms with Gasteiger partial charge in [0.25, 0.3) is 0 Å². The maximum Gasteiger partial charge on any atom is 0.335 e. The molecule has 96 valence electrons. The summed E-state index contributed by atoms with van der Waals surface area (Å²) in [5.41, 5.74) is 0.744. The van der Waals surface area contributed by atoms with E-state index in [1.807, 2.05) is 29.5 Å². The highest BCUT2D eigenvalue weighted by Gasteiger charge is 2.32. The first-order valence-electron chi connectivity index (χ1n) is 5.82. The van der Waals surface area contributed by atoms with Gasteiger partial charge in [0.15, 0.2) is 0 Å². The Morgan fingerprint density at radius 1 is 1.39 bits per heavy atom. The van der Waals surface area contributed by atoms with Crippen LogP contribution in [-0.4, -0.2) is 17.0 Å². The number of hydrogen-bond donors (Lipinski definition) is 2. The second kappa shape index (κ2) is 5.26. The van der Waals surface area contributed by atoms with E-state index in [2.05, 4.69) is 5.32 Å². The predicted octanol–water partition coefficient (Wildman–Crippen LogP) is 2.97. The summed E-state index contributed by atoms with van der Waals surface area (Å²) in [6, 6.07) is 4.83. The van der Waals surface area contributed by atoms with Crippen molar-refractivity contribution in [3.05, 3.63) is 27.3 Å². The van der Waals surface area contributed by atoms with Crippen molar-refractivity contribution < 1.29 is 14.7 Å². The molecular formula is C13H14INO3. The second-order valence-electron chi connectivity index (χ2n) is 4.65. The molecule has 0 spiro atoms. The van der Waals surface area contributed by atoms with Crippen molar-refractivity contribution in [3.8, 4) is 0 Å². The molecule has 1 atom stereocenters. The average molecular weight is 359 g/mol. The SMILES string of the molecule is CC(C(=O)Nc1cc(I)cc(C(=O)O)c1)C1CC1. The Labute approximate surface area is 119 Å². The van der Waals surface area contributed by atoms with Crippen molar-refractivity contribution in [3.63, 3.8) is 0 Å². The molecule has 18 heavy (non-hydrogen) atoms. The molecule has 1 fully saturated rings. The Morgan fingerprint density at radius 2 is 2.06 bits per heavy atom. The lowest BCUT2D eigenvalue weighted by Gasteiger charge is -2.11. The lowest BCUT2D eigenvalue weighted by atomic mass is 10.1. The van der Waals surface area contributed by atoms with Crippen LogP contribution in [-0.2, 0) is 4.79 Å². The molecule has 1 aromatic rings.